The van der Waals surface area contributed by atoms with Crippen LogP contribution >= 0.6 is 0 Å². The number of nitrogens with one attached hydrogen (secondary N) is 1. The molecule has 1 atom stereocenters. The van der Waals surface area contributed by atoms with Crippen LogP contribution in [0, 0.1) is 6.92 Å². The van der Waals surface area contributed by atoms with E-state index in [2.05, 4.69) is 10.2 Å². The summed E-state index contributed by atoms with van der Waals surface area (Å²) in [6.45, 7) is 9.96. The zero-order valence-electron chi connectivity index (χ0n) is 13.3. The minimum absolute atomic E-state index is 0.0249. The molecule has 0 aliphatic carbocycles. The maximum absolute atomic E-state index is 12.2. The van der Waals surface area contributed by atoms with E-state index in [1.54, 1.807) is 6.07 Å². The van der Waals surface area contributed by atoms with Crippen LogP contribution in [0.2, 0.25) is 0 Å². The molecule has 1 aromatic carbocycles. The monoisotopic (exact) mass is 291 g/mol. The second-order valence-corrected chi connectivity index (χ2v) is 6.48. The average molecular weight is 291 g/mol. The lowest BCUT2D eigenvalue weighted by atomic mass is 10.1. The van der Waals surface area contributed by atoms with Crippen LogP contribution in [0.15, 0.2) is 18.2 Å². The van der Waals surface area contributed by atoms with Gasteiger partial charge in [0.15, 0.2) is 0 Å². The molecular weight excluding hydrogens is 266 g/mol. The first kappa shape index (κ1) is 15.8. The number of nitrogens with zero attached hydrogens (tertiary/aromatic N) is 1. The van der Waals surface area contributed by atoms with Gasteiger partial charge in [-0.05, 0) is 45.4 Å². The van der Waals surface area contributed by atoms with Crippen LogP contribution in [-0.2, 0) is 9.53 Å². The van der Waals surface area contributed by atoms with Crippen molar-refractivity contribution < 1.29 is 9.53 Å². The van der Waals surface area contributed by atoms with Crippen molar-refractivity contribution in [3.05, 3.63) is 23.8 Å². The molecule has 0 spiro atoms. The molecule has 3 N–H and O–H groups in total. The molecule has 2 rings (SSSR count). The number of anilines is 2. The van der Waals surface area contributed by atoms with E-state index in [9.17, 15) is 4.79 Å². The lowest BCUT2D eigenvalue weighted by molar-refractivity contribution is -0.136. The van der Waals surface area contributed by atoms with Crippen molar-refractivity contribution in [3.63, 3.8) is 0 Å². The normalized spacial score (nSPS) is 22.0. The summed E-state index contributed by atoms with van der Waals surface area (Å²) in [4.78, 5) is 14.3. The fraction of sp³-hybridized carbons (Fsp3) is 0.562. The van der Waals surface area contributed by atoms with Gasteiger partial charge in [-0.15, -0.1) is 0 Å². The topological polar surface area (TPSA) is 67.6 Å². The Morgan fingerprint density at radius 1 is 1.52 bits per heavy atom. The highest BCUT2D eigenvalue weighted by Gasteiger charge is 2.31. The predicted molar refractivity (Wildman–Crippen MR) is 85.3 cm³/mol. The molecule has 1 amide bonds. The molecule has 5 nitrogen and oxygen atoms in total. The summed E-state index contributed by atoms with van der Waals surface area (Å²) in [6.07, 6.45) is 0.136. The number of benzene rings is 1. The fourth-order valence-electron chi connectivity index (χ4n) is 2.83. The lowest BCUT2D eigenvalue weighted by Crippen LogP contribution is -2.53. The van der Waals surface area contributed by atoms with E-state index in [4.69, 9.17) is 10.5 Å². The molecule has 5 heteroatoms. The Morgan fingerprint density at radius 2 is 2.24 bits per heavy atom. The molecule has 0 aromatic heterocycles. The molecule has 1 saturated heterocycles. The number of carbonyl (C=O) groups is 1. The molecule has 1 heterocycles. The maximum atomic E-state index is 12.2. The van der Waals surface area contributed by atoms with Crippen molar-refractivity contribution in [2.45, 2.75) is 39.4 Å². The number of ether oxygens (including phenoxy) is 1. The summed E-state index contributed by atoms with van der Waals surface area (Å²) in [7, 11) is 0. The van der Waals surface area contributed by atoms with Crippen LogP contribution in [0.1, 0.15) is 26.3 Å². The van der Waals surface area contributed by atoms with Crippen molar-refractivity contribution >= 4 is 17.3 Å². The van der Waals surface area contributed by atoms with Gasteiger partial charge in [-0.1, -0.05) is 6.07 Å². The van der Waals surface area contributed by atoms with E-state index in [1.807, 2.05) is 39.8 Å². The summed E-state index contributed by atoms with van der Waals surface area (Å²) < 4.78 is 5.84. The van der Waals surface area contributed by atoms with Gasteiger partial charge in [-0.25, -0.2) is 0 Å². The molecule has 1 aromatic rings. The predicted octanol–water partition coefficient (Wildman–Crippen LogP) is 2.02. The van der Waals surface area contributed by atoms with Crippen molar-refractivity contribution in [2.24, 2.45) is 0 Å². The van der Waals surface area contributed by atoms with E-state index >= 15 is 0 Å². The van der Waals surface area contributed by atoms with Crippen LogP contribution in [-0.4, -0.2) is 42.1 Å². The molecule has 116 valence electrons. The van der Waals surface area contributed by atoms with Crippen molar-refractivity contribution in [3.8, 4) is 0 Å². The molecule has 21 heavy (non-hydrogen) atoms. The molecule has 1 fully saturated rings. The van der Waals surface area contributed by atoms with Gasteiger partial charge in [0.1, 0.15) is 0 Å². The Kier molecular flexibility index (Phi) is 4.54. The van der Waals surface area contributed by atoms with Crippen LogP contribution in [0.5, 0.6) is 0 Å². The average Bonchev–Trinajstić information content (AvgIpc) is 2.31. The first-order valence-electron chi connectivity index (χ1n) is 7.31. The third-order valence-corrected chi connectivity index (χ3v) is 3.57. The highest BCUT2D eigenvalue weighted by Crippen LogP contribution is 2.21. The van der Waals surface area contributed by atoms with E-state index in [0.717, 1.165) is 24.3 Å². The van der Waals surface area contributed by atoms with E-state index in [-0.39, 0.29) is 17.6 Å². The quantitative estimate of drug-likeness (QED) is 0.836. The number of nitrogen functional groups attached to an aromatic ring is 1. The molecular formula is C16H25N3O2. The molecule has 0 bridgehead atoms. The second kappa shape index (κ2) is 6.03. The number of rotatable bonds is 3. The summed E-state index contributed by atoms with van der Waals surface area (Å²) in [5.74, 6) is -0.0249. The van der Waals surface area contributed by atoms with Crippen molar-refractivity contribution in [1.82, 2.24) is 4.90 Å². The number of nitrogens with two attached hydrogens (primary N) is 1. The minimum Gasteiger partial charge on any atom is -0.398 e. The fourth-order valence-corrected chi connectivity index (χ4v) is 2.83. The summed E-state index contributed by atoms with van der Waals surface area (Å²) in [6, 6.07) is 5.57. The standard InChI is InChI=1S/C16H25N3O2/c1-11-5-6-13(7-14(11)17)18-15(20)9-19-8-12(2)21-16(3,4)10-19/h5-7,12H,8-10,17H2,1-4H3,(H,18,20). The van der Waals surface area contributed by atoms with E-state index in [1.165, 1.54) is 0 Å². The van der Waals surface area contributed by atoms with Crippen LogP contribution < -0.4 is 11.1 Å². The number of morpholine rings is 1. The van der Waals surface area contributed by atoms with E-state index in [0.29, 0.717) is 12.2 Å². The van der Waals surface area contributed by atoms with Gasteiger partial charge in [-0.2, -0.15) is 0 Å². The lowest BCUT2D eigenvalue weighted by Gasteiger charge is -2.41. The highest BCUT2D eigenvalue weighted by molar-refractivity contribution is 5.92. The van der Waals surface area contributed by atoms with Gasteiger partial charge in [0.25, 0.3) is 0 Å². The SMILES string of the molecule is Cc1ccc(NC(=O)CN2CC(C)OC(C)(C)C2)cc1N. The molecule has 1 aliphatic rings. The molecule has 0 saturated carbocycles. The van der Waals surface area contributed by atoms with Gasteiger partial charge in [0.05, 0.1) is 18.2 Å². The summed E-state index contributed by atoms with van der Waals surface area (Å²) in [5.41, 5.74) is 8.08. The Morgan fingerprint density at radius 3 is 2.86 bits per heavy atom. The third-order valence-electron chi connectivity index (χ3n) is 3.57. The summed E-state index contributed by atoms with van der Waals surface area (Å²) in [5, 5.41) is 2.90. The third kappa shape index (κ3) is 4.44. The Balaban J connectivity index is 1.93. The number of amides is 1. The van der Waals surface area contributed by atoms with Gasteiger partial charge in [0.2, 0.25) is 5.91 Å². The highest BCUT2D eigenvalue weighted by atomic mass is 16.5. The first-order chi connectivity index (χ1) is 9.75. The number of hydrogen-bond acceptors (Lipinski definition) is 4. The summed E-state index contributed by atoms with van der Waals surface area (Å²) >= 11 is 0. The van der Waals surface area contributed by atoms with Crippen molar-refractivity contribution in [1.29, 1.82) is 0 Å². The number of aryl methyl sites for hydroxylation is 1. The Labute approximate surface area is 126 Å². The molecule has 0 radical (unpaired) electrons. The van der Waals surface area contributed by atoms with Crippen LogP contribution in [0.4, 0.5) is 11.4 Å². The smallest absolute Gasteiger partial charge is 0.238 e. The van der Waals surface area contributed by atoms with Crippen molar-refractivity contribution in [2.75, 3.05) is 30.7 Å². The largest absolute Gasteiger partial charge is 0.398 e. The maximum Gasteiger partial charge on any atom is 0.238 e. The van der Waals surface area contributed by atoms with Gasteiger partial charge < -0.3 is 15.8 Å². The minimum atomic E-state index is -0.216. The van der Waals surface area contributed by atoms with Crippen LogP contribution in [0.3, 0.4) is 0 Å². The van der Waals surface area contributed by atoms with Gasteiger partial charge in [-0.3, -0.25) is 9.69 Å². The van der Waals surface area contributed by atoms with E-state index < -0.39 is 0 Å². The van der Waals surface area contributed by atoms with Gasteiger partial charge >= 0.3 is 0 Å². The Hall–Kier alpha value is -1.59. The zero-order chi connectivity index (χ0) is 15.6. The zero-order valence-corrected chi connectivity index (χ0v) is 13.3. The first-order valence-corrected chi connectivity index (χ1v) is 7.31. The molecule has 1 unspecified atom stereocenters. The Bertz CT molecular complexity index is 528. The number of hydrogen-bond donors (Lipinski definition) is 2. The second-order valence-electron chi connectivity index (χ2n) is 6.48. The van der Waals surface area contributed by atoms with Crippen LogP contribution in [0.25, 0.3) is 0 Å². The van der Waals surface area contributed by atoms with Gasteiger partial charge in [0, 0.05) is 24.5 Å². The molecule has 1 aliphatic heterocycles. The number of carbonyl (C=O) groups excluding carboxylic acids is 1.